The van der Waals surface area contributed by atoms with Gasteiger partial charge in [0.1, 0.15) is 10.7 Å². The molecule has 19 heavy (non-hydrogen) atoms. The largest absolute Gasteiger partial charge is 0.313 e. The number of benzene rings is 1. The van der Waals surface area contributed by atoms with Gasteiger partial charge in [0, 0.05) is 13.1 Å². The summed E-state index contributed by atoms with van der Waals surface area (Å²) in [6.07, 6.45) is 1.62. The van der Waals surface area contributed by atoms with E-state index in [4.69, 9.17) is 0 Å². The third-order valence-electron chi connectivity index (χ3n) is 2.69. The first-order chi connectivity index (χ1) is 9.01. The van der Waals surface area contributed by atoms with E-state index in [0.717, 1.165) is 24.9 Å². The summed E-state index contributed by atoms with van der Waals surface area (Å²) in [4.78, 5) is -0.288. The van der Waals surface area contributed by atoms with Crippen LogP contribution >= 0.6 is 0 Å². The van der Waals surface area contributed by atoms with Gasteiger partial charge < -0.3 is 5.32 Å². The Kier molecular flexibility index (Phi) is 6.41. The first kappa shape index (κ1) is 16.1. The summed E-state index contributed by atoms with van der Waals surface area (Å²) in [6.45, 7) is 5.55. The summed E-state index contributed by atoms with van der Waals surface area (Å²) in [6, 6.07) is 4.20. The van der Waals surface area contributed by atoms with E-state index in [1.807, 2.05) is 13.8 Å². The Morgan fingerprint density at radius 3 is 2.58 bits per heavy atom. The van der Waals surface area contributed by atoms with E-state index in [2.05, 4.69) is 10.0 Å². The number of unbranched alkanes of at least 4 members (excludes halogenated alkanes) is 1. The van der Waals surface area contributed by atoms with Crippen LogP contribution in [0.5, 0.6) is 0 Å². The molecule has 0 aliphatic carbocycles. The number of rotatable bonds is 8. The molecule has 2 N–H and O–H groups in total. The fraction of sp³-hybridized carbons (Fsp3) is 0.538. The van der Waals surface area contributed by atoms with Crippen molar-refractivity contribution in [2.75, 3.05) is 13.1 Å². The van der Waals surface area contributed by atoms with Gasteiger partial charge in [0.2, 0.25) is 10.0 Å². The maximum atomic E-state index is 13.8. The van der Waals surface area contributed by atoms with Gasteiger partial charge in [-0.15, -0.1) is 0 Å². The molecule has 0 amide bonds. The van der Waals surface area contributed by atoms with Crippen molar-refractivity contribution in [2.45, 2.75) is 38.1 Å². The summed E-state index contributed by atoms with van der Waals surface area (Å²) in [5, 5.41) is 3.06. The predicted molar refractivity (Wildman–Crippen MR) is 73.9 cm³/mol. The molecular weight excluding hydrogens is 267 g/mol. The summed E-state index contributed by atoms with van der Waals surface area (Å²) < 4.78 is 40.0. The van der Waals surface area contributed by atoms with E-state index < -0.39 is 15.8 Å². The average Bonchev–Trinajstić information content (AvgIpc) is 2.36. The third-order valence-corrected chi connectivity index (χ3v) is 4.18. The van der Waals surface area contributed by atoms with Gasteiger partial charge in [0.05, 0.1) is 0 Å². The fourth-order valence-electron chi connectivity index (χ4n) is 1.60. The highest BCUT2D eigenvalue weighted by Crippen LogP contribution is 2.16. The van der Waals surface area contributed by atoms with Crippen LogP contribution < -0.4 is 10.0 Å². The van der Waals surface area contributed by atoms with Crippen LogP contribution in [0.3, 0.4) is 0 Å². The molecule has 0 fully saturated rings. The van der Waals surface area contributed by atoms with Gasteiger partial charge >= 0.3 is 0 Å². The molecule has 0 spiro atoms. The highest BCUT2D eigenvalue weighted by Gasteiger charge is 2.18. The normalized spacial score (nSPS) is 11.7. The molecule has 1 aromatic carbocycles. The lowest BCUT2D eigenvalue weighted by atomic mass is 10.2. The summed E-state index contributed by atoms with van der Waals surface area (Å²) in [7, 11) is -3.75. The van der Waals surface area contributed by atoms with Gasteiger partial charge in [-0.2, -0.15) is 0 Å². The van der Waals surface area contributed by atoms with Gasteiger partial charge in [-0.1, -0.05) is 26.3 Å². The molecule has 0 heterocycles. The maximum Gasteiger partial charge on any atom is 0.243 e. The number of hydrogen-bond acceptors (Lipinski definition) is 3. The van der Waals surface area contributed by atoms with E-state index in [1.54, 1.807) is 6.07 Å². The van der Waals surface area contributed by atoms with Crippen molar-refractivity contribution in [3.05, 3.63) is 29.6 Å². The number of halogens is 1. The molecule has 0 aliphatic rings. The highest BCUT2D eigenvalue weighted by molar-refractivity contribution is 7.89. The Morgan fingerprint density at radius 1 is 1.26 bits per heavy atom. The predicted octanol–water partition coefficient (Wildman–Crippen LogP) is 2.01. The molecule has 4 nitrogen and oxygen atoms in total. The Morgan fingerprint density at radius 2 is 2.00 bits per heavy atom. The molecule has 6 heteroatoms. The maximum absolute atomic E-state index is 13.8. The zero-order valence-corrected chi connectivity index (χ0v) is 12.2. The lowest BCUT2D eigenvalue weighted by molar-refractivity contribution is 0.553. The molecule has 1 rings (SSSR count). The van der Waals surface area contributed by atoms with E-state index in [0.29, 0.717) is 13.1 Å². The first-order valence-corrected chi connectivity index (χ1v) is 7.98. The van der Waals surface area contributed by atoms with E-state index >= 15 is 0 Å². The second-order valence-corrected chi connectivity index (χ2v) is 6.03. The Balaban J connectivity index is 2.83. The second-order valence-electron chi connectivity index (χ2n) is 4.30. The number of sulfonamides is 1. The van der Waals surface area contributed by atoms with Crippen molar-refractivity contribution in [3.63, 3.8) is 0 Å². The summed E-state index contributed by atoms with van der Waals surface area (Å²) >= 11 is 0. The molecule has 1 aromatic rings. The molecule has 0 unspecified atom stereocenters. The minimum absolute atomic E-state index is 0.288. The van der Waals surface area contributed by atoms with Crippen LogP contribution in [-0.2, 0) is 16.6 Å². The van der Waals surface area contributed by atoms with E-state index in [-0.39, 0.29) is 4.90 Å². The number of nitrogens with one attached hydrogen (secondary N) is 2. The zero-order valence-electron chi connectivity index (χ0n) is 11.4. The van der Waals surface area contributed by atoms with Crippen molar-refractivity contribution in [1.29, 1.82) is 0 Å². The number of hydrogen-bond donors (Lipinski definition) is 2. The lowest BCUT2D eigenvalue weighted by Crippen LogP contribution is -2.25. The Hall–Kier alpha value is -0.980. The molecule has 0 aliphatic heterocycles. The van der Waals surface area contributed by atoms with Crippen LogP contribution in [0, 0.1) is 5.82 Å². The lowest BCUT2D eigenvalue weighted by Gasteiger charge is -2.09. The van der Waals surface area contributed by atoms with Crippen LogP contribution in [0.15, 0.2) is 23.1 Å². The fourth-order valence-corrected chi connectivity index (χ4v) is 2.73. The SMILES string of the molecule is CCCCNS(=O)(=O)c1ccc(CNCC)cc1F. The van der Waals surface area contributed by atoms with Gasteiger partial charge in [-0.3, -0.25) is 0 Å². The van der Waals surface area contributed by atoms with Crippen molar-refractivity contribution >= 4 is 10.0 Å². The van der Waals surface area contributed by atoms with Crippen LogP contribution in [0.1, 0.15) is 32.3 Å². The van der Waals surface area contributed by atoms with Gasteiger partial charge in [0.25, 0.3) is 0 Å². The molecule has 0 aromatic heterocycles. The standard InChI is InChI=1S/C13H21FN2O2S/c1-3-5-8-16-19(17,18)13-7-6-11(9-12(13)14)10-15-4-2/h6-7,9,15-16H,3-5,8,10H2,1-2H3. The topological polar surface area (TPSA) is 58.2 Å². The smallest absolute Gasteiger partial charge is 0.243 e. The summed E-state index contributed by atoms with van der Waals surface area (Å²) in [5.74, 6) is -0.709. The Bertz CT molecular complexity index is 503. The minimum Gasteiger partial charge on any atom is -0.313 e. The monoisotopic (exact) mass is 288 g/mol. The van der Waals surface area contributed by atoms with Crippen LogP contribution in [-0.4, -0.2) is 21.5 Å². The molecule has 0 saturated carbocycles. The minimum atomic E-state index is -3.75. The van der Waals surface area contributed by atoms with Crippen molar-refractivity contribution in [2.24, 2.45) is 0 Å². The molecular formula is C13H21FN2O2S. The molecule has 0 bridgehead atoms. The molecule has 0 radical (unpaired) electrons. The second kappa shape index (κ2) is 7.57. The highest BCUT2D eigenvalue weighted by atomic mass is 32.2. The van der Waals surface area contributed by atoms with Crippen LogP contribution in [0.2, 0.25) is 0 Å². The van der Waals surface area contributed by atoms with Crippen LogP contribution in [0.25, 0.3) is 0 Å². The van der Waals surface area contributed by atoms with Gasteiger partial charge in [-0.25, -0.2) is 17.5 Å². The first-order valence-electron chi connectivity index (χ1n) is 6.50. The van der Waals surface area contributed by atoms with Crippen molar-refractivity contribution < 1.29 is 12.8 Å². The van der Waals surface area contributed by atoms with Gasteiger partial charge in [-0.05, 0) is 30.7 Å². The van der Waals surface area contributed by atoms with E-state index in [1.165, 1.54) is 12.1 Å². The third kappa shape index (κ3) is 4.89. The van der Waals surface area contributed by atoms with Crippen molar-refractivity contribution in [3.8, 4) is 0 Å². The molecule has 0 saturated heterocycles. The molecule has 0 atom stereocenters. The van der Waals surface area contributed by atoms with Gasteiger partial charge in [0.15, 0.2) is 0 Å². The Labute approximate surface area is 114 Å². The average molecular weight is 288 g/mol. The van der Waals surface area contributed by atoms with Crippen LogP contribution in [0.4, 0.5) is 4.39 Å². The molecule has 108 valence electrons. The quantitative estimate of drug-likeness (QED) is 0.720. The van der Waals surface area contributed by atoms with Crippen molar-refractivity contribution in [1.82, 2.24) is 10.0 Å². The summed E-state index contributed by atoms with van der Waals surface area (Å²) in [5.41, 5.74) is 0.729. The van der Waals surface area contributed by atoms with E-state index in [9.17, 15) is 12.8 Å². The zero-order chi connectivity index (χ0) is 14.3.